The van der Waals surface area contributed by atoms with Gasteiger partial charge in [0.1, 0.15) is 5.78 Å². The Kier molecular flexibility index (Phi) is 6.00. The smallest absolute Gasteiger partial charge is 0.303 e. The van der Waals surface area contributed by atoms with Crippen LogP contribution >= 0.6 is 15.9 Å². The first-order valence-electron chi connectivity index (χ1n) is 6.15. The summed E-state index contributed by atoms with van der Waals surface area (Å²) < 4.78 is 31.4. The fourth-order valence-corrected chi connectivity index (χ4v) is 2.66. The number of Topliss-reactive ketones (excluding diaryl/α,β-unsaturated/α-hetero) is 1. The number of carbonyl (C=O) groups excluding carboxylic acids is 1. The van der Waals surface area contributed by atoms with E-state index >= 15 is 0 Å². The van der Waals surface area contributed by atoms with Crippen molar-refractivity contribution in [3.05, 3.63) is 0 Å². The van der Waals surface area contributed by atoms with Crippen molar-refractivity contribution in [2.24, 2.45) is 5.92 Å². The highest BCUT2D eigenvalue weighted by Crippen LogP contribution is 2.34. The van der Waals surface area contributed by atoms with Crippen LogP contribution < -0.4 is 0 Å². The third-order valence-corrected chi connectivity index (χ3v) is 3.44. The lowest BCUT2D eigenvalue weighted by atomic mass is 9.91. The van der Waals surface area contributed by atoms with Gasteiger partial charge in [0.15, 0.2) is 0 Å². The summed E-state index contributed by atoms with van der Waals surface area (Å²) in [6.07, 6.45) is 2.88. The number of alkyl halides is 3. The van der Waals surface area contributed by atoms with E-state index in [1.165, 1.54) is 0 Å². The molecule has 1 saturated carbocycles. The van der Waals surface area contributed by atoms with Gasteiger partial charge in [0, 0.05) is 25.4 Å². The van der Waals surface area contributed by atoms with E-state index in [4.69, 9.17) is 4.74 Å². The predicted octanol–water partition coefficient (Wildman–Crippen LogP) is 3.92. The maximum atomic E-state index is 13.0. The van der Waals surface area contributed by atoms with Gasteiger partial charge in [0.05, 0.1) is 6.10 Å². The standard InChI is InChI=1S/C12H19BrF2O2/c1-2-17-11(8-12(13,14)15)9-6-4-3-5-7-10(9)16/h9,11H,2-8H2,1H3. The van der Waals surface area contributed by atoms with Crippen LogP contribution in [0.5, 0.6) is 0 Å². The molecule has 0 aromatic carbocycles. The SMILES string of the molecule is CCOC(CC(F)(F)Br)C1CCCCCC1=O. The Morgan fingerprint density at radius 2 is 2.18 bits per heavy atom. The van der Waals surface area contributed by atoms with Crippen molar-refractivity contribution < 1.29 is 18.3 Å². The van der Waals surface area contributed by atoms with E-state index in [2.05, 4.69) is 15.9 Å². The zero-order chi connectivity index (χ0) is 12.9. The molecule has 100 valence electrons. The molecule has 0 aromatic heterocycles. The van der Waals surface area contributed by atoms with E-state index in [0.717, 1.165) is 19.3 Å². The first kappa shape index (κ1) is 15.0. The van der Waals surface area contributed by atoms with E-state index < -0.39 is 17.4 Å². The summed E-state index contributed by atoms with van der Waals surface area (Å²) in [7, 11) is 0. The van der Waals surface area contributed by atoms with Gasteiger partial charge in [0.2, 0.25) is 0 Å². The Bertz CT molecular complexity index is 253. The molecule has 0 amide bonds. The average molecular weight is 313 g/mol. The minimum atomic E-state index is -2.96. The van der Waals surface area contributed by atoms with Crippen molar-refractivity contribution >= 4 is 21.7 Å². The fourth-order valence-electron chi connectivity index (χ4n) is 2.34. The number of halogens is 3. The van der Waals surface area contributed by atoms with E-state index in [-0.39, 0.29) is 11.7 Å². The Morgan fingerprint density at radius 3 is 2.76 bits per heavy atom. The van der Waals surface area contributed by atoms with Gasteiger partial charge in [0.25, 0.3) is 0 Å². The van der Waals surface area contributed by atoms with Crippen LogP contribution in [0.15, 0.2) is 0 Å². The van der Waals surface area contributed by atoms with Crippen molar-refractivity contribution in [1.29, 1.82) is 0 Å². The molecule has 0 N–H and O–H groups in total. The monoisotopic (exact) mass is 312 g/mol. The number of ether oxygens (including phenoxy) is 1. The Balaban J connectivity index is 2.69. The van der Waals surface area contributed by atoms with Crippen LogP contribution in [0.2, 0.25) is 0 Å². The lowest BCUT2D eigenvalue weighted by Gasteiger charge is -2.26. The number of carbonyl (C=O) groups is 1. The largest absolute Gasteiger partial charge is 0.377 e. The second-order valence-electron chi connectivity index (χ2n) is 4.49. The molecule has 0 heterocycles. The quantitative estimate of drug-likeness (QED) is 0.568. The van der Waals surface area contributed by atoms with E-state index in [1.54, 1.807) is 6.92 Å². The molecule has 0 aliphatic heterocycles. The highest BCUT2D eigenvalue weighted by atomic mass is 79.9. The zero-order valence-corrected chi connectivity index (χ0v) is 11.6. The molecule has 2 atom stereocenters. The summed E-state index contributed by atoms with van der Waals surface area (Å²) in [4.78, 5) is 8.92. The van der Waals surface area contributed by atoms with Gasteiger partial charge in [-0.25, -0.2) is 0 Å². The molecule has 0 radical (unpaired) electrons. The molecule has 0 aromatic rings. The minimum absolute atomic E-state index is 0.0812. The van der Waals surface area contributed by atoms with Gasteiger partial charge >= 0.3 is 4.83 Å². The van der Waals surface area contributed by atoms with Crippen molar-refractivity contribution in [2.75, 3.05) is 6.61 Å². The summed E-state index contributed by atoms with van der Waals surface area (Å²) >= 11 is 2.33. The van der Waals surface area contributed by atoms with Crippen LogP contribution in [-0.2, 0) is 9.53 Å². The lowest BCUT2D eigenvalue weighted by Crippen LogP contribution is -2.33. The molecule has 5 heteroatoms. The van der Waals surface area contributed by atoms with Gasteiger partial charge < -0.3 is 4.74 Å². The molecule has 2 unspecified atom stereocenters. The van der Waals surface area contributed by atoms with E-state index in [1.807, 2.05) is 0 Å². The first-order chi connectivity index (χ1) is 7.94. The Hall–Kier alpha value is -0.0300. The van der Waals surface area contributed by atoms with Crippen molar-refractivity contribution in [3.63, 3.8) is 0 Å². The average Bonchev–Trinajstić information content (AvgIpc) is 2.40. The normalized spacial score (nSPS) is 24.5. The van der Waals surface area contributed by atoms with Gasteiger partial charge in [-0.2, -0.15) is 8.78 Å². The van der Waals surface area contributed by atoms with Gasteiger partial charge in [-0.05, 0) is 35.7 Å². The maximum Gasteiger partial charge on any atom is 0.303 e. The second-order valence-corrected chi connectivity index (χ2v) is 5.65. The zero-order valence-electron chi connectivity index (χ0n) is 10.1. The van der Waals surface area contributed by atoms with Crippen LogP contribution in [0.25, 0.3) is 0 Å². The molecule has 2 nitrogen and oxygen atoms in total. The summed E-state index contributed by atoms with van der Waals surface area (Å²) in [6, 6.07) is 0. The lowest BCUT2D eigenvalue weighted by molar-refractivity contribution is -0.129. The molecule has 17 heavy (non-hydrogen) atoms. The van der Waals surface area contributed by atoms with Gasteiger partial charge in [-0.1, -0.05) is 12.8 Å². The summed E-state index contributed by atoms with van der Waals surface area (Å²) in [6.45, 7) is 2.12. The van der Waals surface area contributed by atoms with Crippen LogP contribution in [0.1, 0.15) is 45.4 Å². The van der Waals surface area contributed by atoms with Crippen LogP contribution in [0.4, 0.5) is 8.78 Å². The maximum absolute atomic E-state index is 13.0. The molecule has 0 bridgehead atoms. The molecule has 0 spiro atoms. The van der Waals surface area contributed by atoms with Crippen LogP contribution in [0.3, 0.4) is 0 Å². The summed E-state index contributed by atoms with van der Waals surface area (Å²) in [5.74, 6) is -0.279. The Morgan fingerprint density at radius 1 is 1.47 bits per heavy atom. The number of ketones is 1. The third kappa shape index (κ3) is 5.42. The summed E-state index contributed by atoms with van der Waals surface area (Å²) in [5.41, 5.74) is 0. The number of rotatable bonds is 5. The van der Waals surface area contributed by atoms with Crippen LogP contribution in [0, 0.1) is 5.92 Å². The van der Waals surface area contributed by atoms with E-state index in [9.17, 15) is 13.6 Å². The predicted molar refractivity (Wildman–Crippen MR) is 65.5 cm³/mol. The molecule has 1 rings (SSSR count). The number of hydrogen-bond acceptors (Lipinski definition) is 2. The highest BCUT2D eigenvalue weighted by molar-refractivity contribution is 9.10. The summed E-state index contributed by atoms with van der Waals surface area (Å²) in [5, 5.41) is 0. The molecule has 1 aliphatic rings. The second kappa shape index (κ2) is 6.78. The third-order valence-electron chi connectivity index (χ3n) is 3.11. The topological polar surface area (TPSA) is 26.3 Å². The van der Waals surface area contributed by atoms with Gasteiger partial charge in [-0.3, -0.25) is 4.79 Å². The van der Waals surface area contributed by atoms with Gasteiger partial charge in [-0.15, -0.1) is 0 Å². The molecular weight excluding hydrogens is 294 g/mol. The first-order valence-corrected chi connectivity index (χ1v) is 6.94. The minimum Gasteiger partial charge on any atom is -0.377 e. The van der Waals surface area contributed by atoms with E-state index in [0.29, 0.717) is 19.4 Å². The van der Waals surface area contributed by atoms with Crippen molar-refractivity contribution in [2.45, 2.75) is 56.4 Å². The fraction of sp³-hybridized carbons (Fsp3) is 0.917. The Labute approximate surface area is 109 Å². The van der Waals surface area contributed by atoms with Crippen LogP contribution in [-0.4, -0.2) is 23.3 Å². The molecule has 1 fully saturated rings. The molecule has 0 saturated heterocycles. The molecular formula is C12H19BrF2O2. The van der Waals surface area contributed by atoms with Crippen molar-refractivity contribution in [1.82, 2.24) is 0 Å². The highest BCUT2D eigenvalue weighted by Gasteiger charge is 2.37. The number of hydrogen-bond donors (Lipinski definition) is 0. The van der Waals surface area contributed by atoms with Crippen molar-refractivity contribution in [3.8, 4) is 0 Å². The molecule has 1 aliphatic carbocycles.